The summed E-state index contributed by atoms with van der Waals surface area (Å²) in [6, 6.07) is 14.9. The average molecular weight is 391 g/mol. The van der Waals surface area contributed by atoms with Crippen molar-refractivity contribution >= 4 is 17.9 Å². The number of hydrogen-bond acceptors (Lipinski definition) is 6. The average Bonchev–Trinajstić information content (AvgIpc) is 3.14. The molecule has 0 bridgehead atoms. The zero-order valence-corrected chi connectivity index (χ0v) is 16.4. The van der Waals surface area contributed by atoms with Gasteiger partial charge in [0.05, 0.1) is 6.21 Å². The Labute approximate surface area is 168 Å². The van der Waals surface area contributed by atoms with Gasteiger partial charge in [0.15, 0.2) is 12.4 Å². The smallest absolute Gasteiger partial charge is 0.277 e. The number of ketones is 1. The van der Waals surface area contributed by atoms with Crippen molar-refractivity contribution in [3.05, 3.63) is 76.5 Å². The number of nitrogens with zero attached hydrogens (tertiary/aromatic N) is 4. The first kappa shape index (κ1) is 19.9. The quantitative estimate of drug-likeness (QED) is 0.493. The fourth-order valence-corrected chi connectivity index (χ4v) is 2.46. The van der Waals surface area contributed by atoms with Gasteiger partial charge in [0.1, 0.15) is 0 Å². The molecule has 29 heavy (non-hydrogen) atoms. The van der Waals surface area contributed by atoms with Gasteiger partial charge in [0.2, 0.25) is 5.69 Å². The van der Waals surface area contributed by atoms with Gasteiger partial charge in [-0.05, 0) is 24.6 Å². The zero-order valence-electron chi connectivity index (χ0n) is 16.4. The molecule has 0 saturated carbocycles. The fraction of sp³-hybridized carbons (Fsp3) is 0.190. The lowest BCUT2D eigenvalue weighted by Gasteiger charge is -2.07. The van der Waals surface area contributed by atoms with Crippen LogP contribution in [-0.2, 0) is 0 Å². The number of hydrogen-bond donors (Lipinski definition) is 1. The summed E-state index contributed by atoms with van der Waals surface area (Å²) in [7, 11) is 1.47. The maximum Gasteiger partial charge on any atom is 0.277 e. The largest absolute Gasteiger partial charge is 0.466 e. The van der Waals surface area contributed by atoms with Crippen LogP contribution >= 0.6 is 0 Å². The summed E-state index contributed by atoms with van der Waals surface area (Å²) >= 11 is 0. The topological polar surface area (TPSA) is 98.5 Å². The zero-order chi connectivity index (χ0) is 20.8. The molecule has 3 aromatic rings. The van der Waals surface area contributed by atoms with Crippen LogP contribution < -0.4 is 10.1 Å². The highest BCUT2D eigenvalue weighted by molar-refractivity contribution is 5.98. The molecule has 0 aliphatic rings. The number of rotatable bonds is 7. The molecule has 148 valence electrons. The van der Waals surface area contributed by atoms with Crippen molar-refractivity contribution in [3.63, 3.8) is 0 Å². The predicted molar refractivity (Wildman–Crippen MR) is 109 cm³/mol. The summed E-state index contributed by atoms with van der Waals surface area (Å²) < 4.78 is 5.60. The van der Waals surface area contributed by atoms with E-state index in [4.69, 9.17) is 4.74 Å². The third-order valence-corrected chi connectivity index (χ3v) is 4.16. The van der Waals surface area contributed by atoms with Gasteiger partial charge in [-0.25, -0.2) is 0 Å². The van der Waals surface area contributed by atoms with Gasteiger partial charge in [-0.2, -0.15) is 5.10 Å². The van der Waals surface area contributed by atoms with Gasteiger partial charge >= 0.3 is 0 Å². The number of ether oxygens (including phenoxy) is 1. The minimum atomic E-state index is -0.487. The van der Waals surface area contributed by atoms with Crippen molar-refractivity contribution in [2.24, 2.45) is 5.10 Å². The Morgan fingerprint density at radius 3 is 2.31 bits per heavy atom. The van der Waals surface area contributed by atoms with E-state index in [1.54, 1.807) is 18.3 Å². The van der Waals surface area contributed by atoms with Crippen LogP contribution in [0.1, 0.15) is 37.5 Å². The van der Waals surface area contributed by atoms with Crippen molar-refractivity contribution in [2.45, 2.75) is 13.8 Å². The summed E-state index contributed by atoms with van der Waals surface area (Å²) in [5.41, 5.74) is 3.49. The van der Waals surface area contributed by atoms with Gasteiger partial charge in [-0.3, -0.25) is 9.59 Å². The molecule has 0 atom stereocenters. The number of aromatic nitrogens is 3. The van der Waals surface area contributed by atoms with E-state index in [9.17, 15) is 9.59 Å². The Kier molecular flexibility index (Phi) is 6.13. The molecule has 0 aliphatic carbocycles. The Hall–Kier alpha value is -3.81. The van der Waals surface area contributed by atoms with E-state index in [0.717, 1.165) is 21.5 Å². The van der Waals surface area contributed by atoms with Crippen LogP contribution in [0.3, 0.4) is 0 Å². The number of aryl methyl sites for hydroxylation is 2. The monoisotopic (exact) mass is 391 g/mol. The van der Waals surface area contributed by atoms with Crippen molar-refractivity contribution in [1.29, 1.82) is 0 Å². The highest BCUT2D eigenvalue weighted by Crippen LogP contribution is 2.16. The van der Waals surface area contributed by atoms with Gasteiger partial charge in [-0.15, -0.1) is 5.10 Å². The minimum Gasteiger partial charge on any atom is -0.466 e. The molecule has 0 saturated heterocycles. The summed E-state index contributed by atoms with van der Waals surface area (Å²) in [5, 5.41) is 14.4. The molecule has 3 rings (SSSR count). The molecule has 2 aromatic carbocycles. The molecule has 8 nitrogen and oxygen atoms in total. The van der Waals surface area contributed by atoms with Gasteiger partial charge in [0.25, 0.3) is 11.8 Å². The highest BCUT2D eigenvalue weighted by atomic mass is 16.5. The first-order valence-corrected chi connectivity index (χ1v) is 8.99. The summed E-state index contributed by atoms with van der Waals surface area (Å²) in [6.07, 6.45) is 1.57. The highest BCUT2D eigenvalue weighted by Gasteiger charge is 2.21. The van der Waals surface area contributed by atoms with E-state index in [-0.39, 0.29) is 24.0 Å². The normalized spacial score (nSPS) is 10.9. The molecular weight excluding hydrogens is 370 g/mol. The fourth-order valence-electron chi connectivity index (χ4n) is 2.46. The molecule has 0 radical (unpaired) electrons. The van der Waals surface area contributed by atoms with Crippen molar-refractivity contribution in [2.75, 3.05) is 13.7 Å². The maximum absolute atomic E-state index is 12.4. The van der Waals surface area contributed by atoms with E-state index in [1.807, 2.05) is 50.2 Å². The van der Waals surface area contributed by atoms with Crippen molar-refractivity contribution < 1.29 is 14.3 Å². The van der Waals surface area contributed by atoms with Crippen LogP contribution in [0.25, 0.3) is 0 Å². The van der Waals surface area contributed by atoms with Crippen LogP contribution in [0, 0.1) is 13.8 Å². The molecule has 1 N–H and O–H groups in total. The standard InChI is InChI=1S/C21H21N5O3/c1-14-4-8-16(9-5-14)12-23-26-21(19(24-25-26)20(28)22-3)29-13-18(27)17-10-6-15(2)7-11-17/h4-12H,13H2,1-3H3,(H,22,28)/b23-12-. The lowest BCUT2D eigenvalue weighted by Crippen LogP contribution is -2.21. The van der Waals surface area contributed by atoms with Crippen LogP contribution in [0.4, 0.5) is 0 Å². The molecule has 0 aliphatic heterocycles. The Balaban J connectivity index is 1.82. The summed E-state index contributed by atoms with van der Waals surface area (Å²) in [5.74, 6) is -0.726. The molecule has 1 heterocycles. The Bertz CT molecular complexity index is 1040. The number of carbonyl (C=O) groups excluding carboxylic acids is 2. The SMILES string of the molecule is CNC(=O)c1nnn(/N=C\c2ccc(C)cc2)c1OCC(=O)c1ccc(C)cc1. The number of carbonyl (C=O) groups is 2. The first-order valence-electron chi connectivity index (χ1n) is 8.99. The molecule has 1 aromatic heterocycles. The molecule has 0 fully saturated rings. The van der Waals surface area contributed by atoms with Crippen LogP contribution in [0.2, 0.25) is 0 Å². The number of Topliss-reactive ketones (excluding diaryl/α,β-unsaturated/α-hetero) is 1. The molecule has 0 spiro atoms. The van der Waals surface area contributed by atoms with Gasteiger partial charge < -0.3 is 10.1 Å². The van der Waals surface area contributed by atoms with Crippen LogP contribution in [-0.4, -0.2) is 46.7 Å². The third-order valence-electron chi connectivity index (χ3n) is 4.16. The second-order valence-corrected chi connectivity index (χ2v) is 6.44. The molecule has 8 heteroatoms. The Morgan fingerprint density at radius 1 is 1.07 bits per heavy atom. The van der Waals surface area contributed by atoms with E-state index in [0.29, 0.717) is 5.56 Å². The second-order valence-electron chi connectivity index (χ2n) is 6.44. The van der Waals surface area contributed by atoms with Crippen molar-refractivity contribution in [3.8, 4) is 5.88 Å². The van der Waals surface area contributed by atoms with E-state index < -0.39 is 5.91 Å². The van der Waals surface area contributed by atoms with Crippen molar-refractivity contribution in [1.82, 2.24) is 20.4 Å². The number of benzene rings is 2. The van der Waals surface area contributed by atoms with Gasteiger partial charge in [-0.1, -0.05) is 64.4 Å². The second kappa shape index (κ2) is 8.92. The lowest BCUT2D eigenvalue weighted by atomic mass is 10.1. The van der Waals surface area contributed by atoms with Crippen LogP contribution in [0.15, 0.2) is 53.6 Å². The summed E-state index contributed by atoms with van der Waals surface area (Å²) in [4.78, 5) is 25.6. The van der Waals surface area contributed by atoms with Crippen LogP contribution in [0.5, 0.6) is 5.88 Å². The predicted octanol–water partition coefficient (Wildman–Crippen LogP) is 2.40. The van der Waals surface area contributed by atoms with E-state index >= 15 is 0 Å². The van der Waals surface area contributed by atoms with E-state index in [1.165, 1.54) is 7.05 Å². The Morgan fingerprint density at radius 2 is 1.69 bits per heavy atom. The molecule has 1 amide bonds. The first-order chi connectivity index (χ1) is 14.0. The number of amides is 1. The third kappa shape index (κ3) is 4.92. The lowest BCUT2D eigenvalue weighted by molar-refractivity contribution is 0.0898. The number of nitrogens with one attached hydrogen (secondary N) is 1. The molecular formula is C21H21N5O3. The molecule has 0 unspecified atom stereocenters. The summed E-state index contributed by atoms with van der Waals surface area (Å²) in [6.45, 7) is 3.65. The van der Waals surface area contributed by atoms with E-state index in [2.05, 4.69) is 20.7 Å². The minimum absolute atomic E-state index is 0.00632. The van der Waals surface area contributed by atoms with Gasteiger partial charge in [0, 0.05) is 12.6 Å². The maximum atomic E-state index is 12.4.